The lowest BCUT2D eigenvalue weighted by atomic mass is 10.00. The number of halogens is 3. The van der Waals surface area contributed by atoms with E-state index in [1.54, 1.807) is 30.3 Å². The molecule has 0 radical (unpaired) electrons. The summed E-state index contributed by atoms with van der Waals surface area (Å²) in [5.74, 6) is -0.716. The van der Waals surface area contributed by atoms with Crippen LogP contribution in [-0.4, -0.2) is 15.0 Å². The van der Waals surface area contributed by atoms with E-state index in [0.717, 1.165) is 12.1 Å². The second-order valence-corrected chi connectivity index (χ2v) is 7.58. The minimum absolute atomic E-state index is 0.0430. The Labute approximate surface area is 160 Å². The summed E-state index contributed by atoms with van der Waals surface area (Å²) < 4.78 is 70.5. The SMILES string of the molecule is O=S(=O)(NC(c1ccccc1)c1ccc(OC(F)F)cc1)c1cccc(F)c1. The van der Waals surface area contributed by atoms with Gasteiger partial charge in [0.15, 0.2) is 0 Å². The lowest BCUT2D eigenvalue weighted by molar-refractivity contribution is -0.0498. The van der Waals surface area contributed by atoms with E-state index in [1.165, 1.54) is 36.4 Å². The van der Waals surface area contributed by atoms with Gasteiger partial charge in [0.2, 0.25) is 10.0 Å². The molecule has 0 heterocycles. The van der Waals surface area contributed by atoms with E-state index in [-0.39, 0.29) is 10.6 Å². The van der Waals surface area contributed by atoms with Crippen molar-refractivity contribution >= 4 is 10.0 Å². The van der Waals surface area contributed by atoms with Gasteiger partial charge in [-0.25, -0.2) is 12.8 Å². The molecule has 0 saturated heterocycles. The van der Waals surface area contributed by atoms with Gasteiger partial charge in [0, 0.05) is 0 Å². The molecular formula is C20H16F3NO3S. The van der Waals surface area contributed by atoms with Crippen LogP contribution in [0.2, 0.25) is 0 Å². The van der Waals surface area contributed by atoms with Crippen LogP contribution in [0, 0.1) is 5.82 Å². The van der Waals surface area contributed by atoms with Gasteiger partial charge >= 0.3 is 6.61 Å². The van der Waals surface area contributed by atoms with Crippen molar-refractivity contribution in [3.63, 3.8) is 0 Å². The van der Waals surface area contributed by atoms with Gasteiger partial charge in [0.25, 0.3) is 0 Å². The van der Waals surface area contributed by atoms with Crippen LogP contribution in [0.3, 0.4) is 0 Å². The first-order valence-corrected chi connectivity index (χ1v) is 9.71. The molecule has 0 aliphatic heterocycles. The first-order valence-electron chi connectivity index (χ1n) is 8.23. The van der Waals surface area contributed by atoms with Crippen molar-refractivity contribution in [2.24, 2.45) is 0 Å². The third kappa shape index (κ3) is 4.90. The maximum atomic E-state index is 13.5. The maximum absolute atomic E-state index is 13.5. The third-order valence-electron chi connectivity index (χ3n) is 3.95. The Hall–Kier alpha value is -2.84. The second-order valence-electron chi connectivity index (χ2n) is 5.87. The van der Waals surface area contributed by atoms with Gasteiger partial charge in [-0.05, 0) is 41.5 Å². The zero-order valence-electron chi connectivity index (χ0n) is 14.4. The number of ether oxygens (including phenoxy) is 1. The molecule has 146 valence electrons. The van der Waals surface area contributed by atoms with Crippen molar-refractivity contribution in [2.75, 3.05) is 0 Å². The molecule has 0 saturated carbocycles. The van der Waals surface area contributed by atoms with Crippen LogP contribution in [0.25, 0.3) is 0 Å². The van der Waals surface area contributed by atoms with Crippen LogP contribution in [-0.2, 0) is 10.0 Å². The number of sulfonamides is 1. The molecule has 0 aliphatic rings. The minimum Gasteiger partial charge on any atom is -0.435 e. The summed E-state index contributed by atoms with van der Waals surface area (Å²) in [4.78, 5) is -0.217. The summed E-state index contributed by atoms with van der Waals surface area (Å²) in [6.45, 7) is -2.96. The fourth-order valence-corrected chi connectivity index (χ4v) is 3.92. The monoisotopic (exact) mass is 407 g/mol. The number of hydrogen-bond donors (Lipinski definition) is 1. The van der Waals surface area contributed by atoms with Gasteiger partial charge in [-0.3, -0.25) is 0 Å². The summed E-state index contributed by atoms with van der Waals surface area (Å²) in [6.07, 6.45) is 0. The van der Waals surface area contributed by atoms with Crippen LogP contribution >= 0.6 is 0 Å². The molecule has 1 atom stereocenters. The van der Waals surface area contributed by atoms with Gasteiger partial charge in [0.1, 0.15) is 11.6 Å². The van der Waals surface area contributed by atoms with Gasteiger partial charge in [0.05, 0.1) is 10.9 Å². The highest BCUT2D eigenvalue weighted by Gasteiger charge is 2.23. The fraction of sp³-hybridized carbons (Fsp3) is 0.100. The molecule has 0 amide bonds. The standard InChI is InChI=1S/C20H16F3NO3S/c21-16-7-4-8-18(13-16)28(25,26)24-19(14-5-2-1-3-6-14)15-9-11-17(12-10-15)27-20(22)23/h1-13,19-20,24H. The largest absolute Gasteiger partial charge is 0.435 e. The molecule has 3 aromatic rings. The Morgan fingerprint density at radius 2 is 1.46 bits per heavy atom. The van der Waals surface area contributed by atoms with Crippen molar-refractivity contribution in [2.45, 2.75) is 17.5 Å². The summed E-state index contributed by atoms with van der Waals surface area (Å²) in [6, 6.07) is 18.2. The van der Waals surface area contributed by atoms with Gasteiger partial charge in [-0.1, -0.05) is 48.5 Å². The number of benzene rings is 3. The quantitative estimate of drug-likeness (QED) is 0.628. The normalized spacial score (nSPS) is 12.7. The molecule has 4 nitrogen and oxygen atoms in total. The molecule has 3 aromatic carbocycles. The van der Waals surface area contributed by atoms with Crippen molar-refractivity contribution in [3.05, 3.63) is 95.8 Å². The third-order valence-corrected chi connectivity index (χ3v) is 5.37. The predicted octanol–water partition coefficient (Wildman–Crippen LogP) is 4.50. The molecular weight excluding hydrogens is 391 g/mol. The zero-order valence-corrected chi connectivity index (χ0v) is 15.2. The molecule has 0 bridgehead atoms. The van der Waals surface area contributed by atoms with E-state index < -0.39 is 28.5 Å². The van der Waals surface area contributed by atoms with Crippen LogP contribution in [0.15, 0.2) is 83.8 Å². The lowest BCUT2D eigenvalue weighted by Crippen LogP contribution is -2.29. The van der Waals surface area contributed by atoms with Crippen LogP contribution in [0.5, 0.6) is 5.75 Å². The Balaban J connectivity index is 1.96. The molecule has 1 N–H and O–H groups in total. The summed E-state index contributed by atoms with van der Waals surface area (Å²) in [5, 5.41) is 0. The number of alkyl halides is 2. The van der Waals surface area contributed by atoms with Crippen molar-refractivity contribution in [1.82, 2.24) is 4.72 Å². The van der Waals surface area contributed by atoms with Crippen molar-refractivity contribution in [3.8, 4) is 5.75 Å². The van der Waals surface area contributed by atoms with Crippen LogP contribution < -0.4 is 9.46 Å². The topological polar surface area (TPSA) is 55.4 Å². The molecule has 3 rings (SSSR count). The highest BCUT2D eigenvalue weighted by Crippen LogP contribution is 2.27. The molecule has 0 fully saturated rings. The first kappa shape index (κ1) is 19.9. The summed E-state index contributed by atoms with van der Waals surface area (Å²) in [7, 11) is -4.05. The molecule has 0 aliphatic carbocycles. The predicted molar refractivity (Wildman–Crippen MR) is 98.1 cm³/mol. The van der Waals surface area contributed by atoms with Crippen molar-refractivity contribution < 1.29 is 26.3 Å². The Kier molecular flexibility index (Phi) is 6.01. The average Bonchev–Trinajstić information content (AvgIpc) is 2.67. The van der Waals surface area contributed by atoms with Crippen molar-refractivity contribution in [1.29, 1.82) is 0 Å². The number of hydrogen-bond acceptors (Lipinski definition) is 3. The lowest BCUT2D eigenvalue weighted by Gasteiger charge is -2.20. The van der Waals surface area contributed by atoms with Gasteiger partial charge < -0.3 is 4.74 Å². The molecule has 1 unspecified atom stereocenters. The Morgan fingerprint density at radius 3 is 2.07 bits per heavy atom. The van der Waals surface area contributed by atoms with Crippen LogP contribution in [0.1, 0.15) is 17.2 Å². The Bertz CT molecular complexity index is 1030. The molecule has 8 heteroatoms. The molecule has 0 aromatic heterocycles. The van der Waals surface area contributed by atoms with E-state index in [9.17, 15) is 21.6 Å². The smallest absolute Gasteiger partial charge is 0.387 e. The minimum atomic E-state index is -4.05. The fourth-order valence-electron chi connectivity index (χ4n) is 2.67. The second kappa shape index (κ2) is 8.45. The number of nitrogens with one attached hydrogen (secondary N) is 1. The van der Waals surface area contributed by atoms with E-state index in [4.69, 9.17) is 0 Å². The molecule has 28 heavy (non-hydrogen) atoms. The highest BCUT2D eigenvalue weighted by atomic mass is 32.2. The van der Waals surface area contributed by atoms with Crippen LogP contribution in [0.4, 0.5) is 13.2 Å². The highest BCUT2D eigenvalue weighted by molar-refractivity contribution is 7.89. The first-order chi connectivity index (χ1) is 13.3. The average molecular weight is 407 g/mol. The van der Waals surface area contributed by atoms with E-state index in [0.29, 0.717) is 11.1 Å². The molecule has 0 spiro atoms. The summed E-state index contributed by atoms with van der Waals surface area (Å²) >= 11 is 0. The zero-order chi connectivity index (χ0) is 20.1. The Morgan fingerprint density at radius 1 is 0.821 bits per heavy atom. The maximum Gasteiger partial charge on any atom is 0.387 e. The van der Waals surface area contributed by atoms with Gasteiger partial charge in [-0.2, -0.15) is 13.5 Å². The number of rotatable bonds is 7. The summed E-state index contributed by atoms with van der Waals surface area (Å²) in [5.41, 5.74) is 1.14. The van der Waals surface area contributed by atoms with E-state index in [2.05, 4.69) is 9.46 Å². The van der Waals surface area contributed by atoms with E-state index >= 15 is 0 Å². The van der Waals surface area contributed by atoms with Gasteiger partial charge in [-0.15, -0.1) is 0 Å². The van der Waals surface area contributed by atoms with E-state index in [1.807, 2.05) is 0 Å².